The molecule has 0 saturated heterocycles. The number of carbonyl (C=O) groups is 1. The Hall–Kier alpha value is 0.980. The highest BCUT2D eigenvalue weighted by Crippen LogP contribution is 2.42. The summed E-state index contributed by atoms with van der Waals surface area (Å²) in [5.41, 5.74) is 0.137. The highest BCUT2D eigenvalue weighted by molar-refractivity contribution is 8.24. The predicted molar refractivity (Wildman–Crippen MR) is 73.7 cm³/mol. The van der Waals surface area contributed by atoms with Crippen molar-refractivity contribution in [3.8, 4) is 0 Å². The van der Waals surface area contributed by atoms with E-state index in [0.29, 0.717) is 11.0 Å². The maximum Gasteiger partial charge on any atom is 0.239 e. The van der Waals surface area contributed by atoms with Crippen LogP contribution in [0.3, 0.4) is 0 Å². The van der Waals surface area contributed by atoms with Crippen molar-refractivity contribution in [1.82, 2.24) is 0 Å². The Balaban J connectivity index is 3.21. The standard InChI is InChI=1S/C8H2Cl6OS/c9-4-1-3(2-5(10)6(4)11)7(15)8(12,13)16-14/h1-2H. The second-order valence-corrected chi connectivity index (χ2v) is 6.87. The van der Waals surface area contributed by atoms with Gasteiger partial charge in [-0.25, -0.2) is 0 Å². The molecular formula is C8H2Cl6OS. The number of ketones is 1. The number of Topliss-reactive ketones (excluding diaryl/α,β-unsaturated/α-hetero) is 1. The van der Waals surface area contributed by atoms with Crippen LogP contribution < -0.4 is 0 Å². The number of hydrogen-bond acceptors (Lipinski definition) is 2. The van der Waals surface area contributed by atoms with Crippen LogP contribution in [0.1, 0.15) is 10.4 Å². The van der Waals surface area contributed by atoms with Crippen LogP contribution in [0.4, 0.5) is 0 Å². The summed E-state index contributed by atoms with van der Waals surface area (Å²) in [5.74, 6) is -0.615. The first-order valence-electron chi connectivity index (χ1n) is 3.66. The van der Waals surface area contributed by atoms with Crippen molar-refractivity contribution in [2.45, 2.75) is 3.67 Å². The third-order valence-electron chi connectivity index (χ3n) is 1.61. The van der Waals surface area contributed by atoms with Crippen LogP contribution in [0.5, 0.6) is 0 Å². The molecule has 0 aliphatic heterocycles. The van der Waals surface area contributed by atoms with E-state index in [9.17, 15) is 4.79 Å². The Kier molecular flexibility index (Phi) is 5.40. The van der Waals surface area contributed by atoms with Crippen LogP contribution in [0.2, 0.25) is 15.1 Å². The average Bonchev–Trinajstić information content (AvgIpc) is 2.24. The van der Waals surface area contributed by atoms with Gasteiger partial charge in [0.25, 0.3) is 0 Å². The predicted octanol–water partition coefficient (Wildman–Crippen LogP) is 5.85. The molecular weight excluding hydrogens is 357 g/mol. The summed E-state index contributed by atoms with van der Waals surface area (Å²) in [6, 6.07) is 2.65. The molecule has 8 heteroatoms. The van der Waals surface area contributed by atoms with E-state index < -0.39 is 9.45 Å². The lowest BCUT2D eigenvalue weighted by molar-refractivity contribution is 0.0999. The highest BCUT2D eigenvalue weighted by atomic mass is 35.7. The van der Waals surface area contributed by atoms with Crippen LogP contribution in [-0.4, -0.2) is 9.45 Å². The number of benzene rings is 1. The summed E-state index contributed by atoms with van der Waals surface area (Å²) in [6.07, 6.45) is 0. The monoisotopic (exact) mass is 356 g/mol. The second-order valence-electron chi connectivity index (χ2n) is 2.68. The molecule has 0 fully saturated rings. The molecule has 0 aliphatic carbocycles. The van der Waals surface area contributed by atoms with Crippen molar-refractivity contribution >= 4 is 85.4 Å². The van der Waals surface area contributed by atoms with E-state index in [4.69, 9.17) is 68.7 Å². The molecule has 16 heavy (non-hydrogen) atoms. The molecule has 1 aromatic carbocycles. The minimum absolute atomic E-state index is 0.137. The van der Waals surface area contributed by atoms with E-state index in [1.165, 1.54) is 12.1 Å². The number of hydrogen-bond donors (Lipinski definition) is 0. The summed E-state index contributed by atoms with van der Waals surface area (Å²) in [7, 11) is 5.87. The van der Waals surface area contributed by atoms with E-state index >= 15 is 0 Å². The van der Waals surface area contributed by atoms with Crippen molar-refractivity contribution in [1.29, 1.82) is 0 Å². The minimum atomic E-state index is -1.79. The fraction of sp³-hybridized carbons (Fsp3) is 0.125. The molecule has 0 aromatic heterocycles. The number of alkyl halides is 2. The lowest BCUT2D eigenvalue weighted by atomic mass is 10.1. The van der Waals surface area contributed by atoms with E-state index in [2.05, 4.69) is 0 Å². The highest BCUT2D eigenvalue weighted by Gasteiger charge is 2.35. The van der Waals surface area contributed by atoms with Crippen molar-refractivity contribution in [3.05, 3.63) is 32.8 Å². The van der Waals surface area contributed by atoms with Gasteiger partial charge in [0.1, 0.15) is 0 Å². The molecule has 0 N–H and O–H groups in total. The maximum absolute atomic E-state index is 11.8. The summed E-state index contributed by atoms with van der Waals surface area (Å²) < 4.78 is -1.79. The molecule has 0 saturated carbocycles. The van der Waals surface area contributed by atoms with Gasteiger partial charge in [-0.1, -0.05) is 58.0 Å². The van der Waals surface area contributed by atoms with Gasteiger partial charge in [0, 0.05) is 5.56 Å². The Morgan fingerprint density at radius 1 is 1.12 bits per heavy atom. The molecule has 0 heterocycles. The van der Waals surface area contributed by atoms with Gasteiger partial charge >= 0.3 is 0 Å². The fourth-order valence-electron chi connectivity index (χ4n) is 0.890. The molecule has 1 aromatic rings. The van der Waals surface area contributed by atoms with Gasteiger partial charge in [-0.15, -0.1) is 0 Å². The van der Waals surface area contributed by atoms with Crippen molar-refractivity contribution in [2.75, 3.05) is 0 Å². The third kappa shape index (κ3) is 3.26. The number of rotatable bonds is 3. The quantitative estimate of drug-likeness (QED) is 0.383. The molecule has 0 atom stereocenters. The molecule has 0 amide bonds. The number of carbonyl (C=O) groups excluding carboxylic acids is 1. The average molecular weight is 359 g/mol. The Morgan fingerprint density at radius 3 is 1.94 bits per heavy atom. The molecule has 0 bridgehead atoms. The Bertz CT molecular complexity index is 410. The lowest BCUT2D eigenvalue weighted by Crippen LogP contribution is -2.20. The largest absolute Gasteiger partial charge is 0.290 e. The van der Waals surface area contributed by atoms with E-state index in [1.807, 2.05) is 0 Å². The topological polar surface area (TPSA) is 17.1 Å². The van der Waals surface area contributed by atoms with Crippen molar-refractivity contribution in [3.63, 3.8) is 0 Å². The molecule has 0 unspecified atom stereocenters. The van der Waals surface area contributed by atoms with Gasteiger partial charge < -0.3 is 0 Å². The zero-order valence-corrected chi connectivity index (χ0v) is 12.6. The summed E-state index contributed by atoms with van der Waals surface area (Å²) in [5, 5.41) is 0.440. The molecule has 0 radical (unpaired) electrons. The first kappa shape index (κ1) is 15.0. The molecule has 1 nitrogen and oxygen atoms in total. The van der Waals surface area contributed by atoms with Crippen LogP contribution in [0, 0.1) is 0 Å². The summed E-state index contributed by atoms with van der Waals surface area (Å²) >= 11 is 28.6. The zero-order valence-electron chi connectivity index (χ0n) is 7.24. The first-order valence-corrected chi connectivity index (χ1v) is 7.19. The van der Waals surface area contributed by atoms with Gasteiger partial charge in [0.2, 0.25) is 9.45 Å². The smallest absolute Gasteiger partial charge is 0.239 e. The van der Waals surface area contributed by atoms with E-state index in [1.54, 1.807) is 0 Å². The van der Waals surface area contributed by atoms with Crippen LogP contribution >= 0.6 is 79.7 Å². The lowest BCUT2D eigenvalue weighted by Gasteiger charge is -2.14. The summed E-state index contributed by atoms with van der Waals surface area (Å²) in [4.78, 5) is 11.8. The van der Waals surface area contributed by atoms with Gasteiger partial charge in [0.05, 0.1) is 15.1 Å². The Labute approximate surface area is 126 Å². The maximum atomic E-state index is 11.8. The van der Waals surface area contributed by atoms with Gasteiger partial charge in [-0.2, -0.15) is 0 Å². The second kappa shape index (κ2) is 5.75. The van der Waals surface area contributed by atoms with Crippen LogP contribution in [0.25, 0.3) is 0 Å². The van der Waals surface area contributed by atoms with Crippen molar-refractivity contribution < 1.29 is 4.79 Å². The van der Waals surface area contributed by atoms with E-state index in [-0.39, 0.29) is 20.6 Å². The van der Waals surface area contributed by atoms with Crippen LogP contribution in [-0.2, 0) is 0 Å². The fourth-order valence-corrected chi connectivity index (χ4v) is 2.10. The molecule has 0 spiro atoms. The number of halogens is 6. The third-order valence-corrected chi connectivity index (χ3v) is 5.16. The normalized spacial score (nSPS) is 11.6. The van der Waals surface area contributed by atoms with Gasteiger partial charge in [0.15, 0.2) is 0 Å². The Morgan fingerprint density at radius 2 is 1.56 bits per heavy atom. The van der Waals surface area contributed by atoms with Crippen molar-refractivity contribution in [2.24, 2.45) is 0 Å². The zero-order chi connectivity index (χ0) is 12.5. The van der Waals surface area contributed by atoms with Crippen LogP contribution in [0.15, 0.2) is 12.1 Å². The van der Waals surface area contributed by atoms with Gasteiger partial charge in [-0.05, 0) is 33.8 Å². The molecule has 1 rings (SSSR count). The molecule has 0 aliphatic rings. The minimum Gasteiger partial charge on any atom is -0.290 e. The van der Waals surface area contributed by atoms with E-state index in [0.717, 1.165) is 0 Å². The SMILES string of the molecule is O=C(c1cc(Cl)c(Cl)c(Cl)c1)C(Cl)(Cl)SCl. The summed E-state index contributed by atoms with van der Waals surface area (Å²) in [6.45, 7) is 0. The van der Waals surface area contributed by atoms with Gasteiger partial charge in [-0.3, -0.25) is 4.79 Å². The first-order chi connectivity index (χ1) is 7.29. The molecule has 88 valence electrons.